The highest BCUT2D eigenvalue weighted by atomic mass is 32.2. The maximum atomic E-state index is 13.1. The highest BCUT2D eigenvalue weighted by Gasteiger charge is 2.53. The molecule has 10 heteroatoms. The number of hydrogen-bond donors (Lipinski definition) is 3. The van der Waals surface area contributed by atoms with E-state index in [0.717, 1.165) is 21.2 Å². The second-order valence-corrected chi connectivity index (χ2v) is 11.7. The number of β-lactam (4-membered cyclic amide) rings is 1. The molecule has 3 heterocycles. The third kappa shape index (κ3) is 5.37. The molecule has 2 saturated heterocycles. The number of aliphatic carboxylic acids is 1. The Bertz CT molecular complexity index is 1680. The lowest BCUT2D eigenvalue weighted by molar-refractivity contribution is -0.155. The first-order valence-corrected chi connectivity index (χ1v) is 14.8. The normalized spacial score (nSPS) is 21.1. The maximum absolute atomic E-state index is 13.1. The summed E-state index contributed by atoms with van der Waals surface area (Å²) in [7, 11) is 0. The minimum Gasteiger partial charge on any atom is -0.508 e. The summed E-state index contributed by atoms with van der Waals surface area (Å²) < 4.78 is 0. The second kappa shape index (κ2) is 11.4. The number of aromatic hydroxyl groups is 1. The number of rotatable bonds is 8. The Hall–Kier alpha value is -4.57. The first-order chi connectivity index (χ1) is 20.3. The van der Waals surface area contributed by atoms with E-state index >= 15 is 0 Å². The van der Waals surface area contributed by atoms with Gasteiger partial charge < -0.3 is 20.4 Å². The number of phenolic OH excluding ortho intramolecular Hbond substituents is 1. The van der Waals surface area contributed by atoms with Crippen LogP contribution in [-0.2, 0) is 25.7 Å². The van der Waals surface area contributed by atoms with E-state index in [0.29, 0.717) is 43.5 Å². The highest BCUT2D eigenvalue weighted by molar-refractivity contribution is 8.00. The molecule has 214 valence electrons. The number of carbonyl (C=O) groups excluding carboxylic acids is 3. The van der Waals surface area contributed by atoms with Gasteiger partial charge in [0.2, 0.25) is 11.8 Å². The van der Waals surface area contributed by atoms with Gasteiger partial charge in [-0.05, 0) is 71.5 Å². The van der Waals surface area contributed by atoms with Gasteiger partial charge in [-0.2, -0.15) is 0 Å². The van der Waals surface area contributed by atoms with Crippen molar-refractivity contribution in [3.63, 3.8) is 0 Å². The van der Waals surface area contributed by atoms with Gasteiger partial charge in [0.05, 0.1) is 11.8 Å². The van der Waals surface area contributed by atoms with Crippen molar-refractivity contribution in [1.29, 1.82) is 0 Å². The predicted molar refractivity (Wildman–Crippen MR) is 157 cm³/mol. The zero-order valence-corrected chi connectivity index (χ0v) is 23.5. The van der Waals surface area contributed by atoms with E-state index in [9.17, 15) is 29.4 Å². The van der Waals surface area contributed by atoms with Gasteiger partial charge in [-0.15, -0.1) is 11.8 Å². The van der Waals surface area contributed by atoms with Crippen LogP contribution in [0.3, 0.4) is 0 Å². The maximum Gasteiger partial charge on any atom is 0.352 e. The smallest absolute Gasteiger partial charge is 0.352 e. The number of likely N-dealkylation sites (tertiary alicyclic amines) is 1. The Kier molecular flexibility index (Phi) is 7.47. The fraction of sp³-hybridized carbons (Fsp3) is 0.250. The second-order valence-electron chi connectivity index (χ2n) is 10.7. The van der Waals surface area contributed by atoms with Gasteiger partial charge in [0.15, 0.2) is 0 Å². The summed E-state index contributed by atoms with van der Waals surface area (Å²) in [5.41, 5.74) is 1.60. The van der Waals surface area contributed by atoms with Crippen molar-refractivity contribution in [2.45, 2.75) is 42.8 Å². The zero-order chi connectivity index (χ0) is 29.4. The monoisotopic (exact) mass is 583 g/mol. The SMILES string of the molecule is O=C(CSc1ccc2ccccc2c1)N[C@@H]1C(=O)N2C(C(=O)O)=C(/C=C3\CCN(Cc4cccc(O)c4)C3=O)CC[C@H]12. The van der Waals surface area contributed by atoms with E-state index in [2.05, 4.69) is 5.32 Å². The van der Waals surface area contributed by atoms with Crippen LogP contribution in [0.1, 0.15) is 24.8 Å². The van der Waals surface area contributed by atoms with E-state index < -0.39 is 24.0 Å². The average Bonchev–Trinajstić information content (AvgIpc) is 3.32. The summed E-state index contributed by atoms with van der Waals surface area (Å²) in [5, 5.41) is 24.7. The third-order valence-electron chi connectivity index (χ3n) is 7.93. The molecule has 0 unspecified atom stereocenters. The number of benzene rings is 3. The molecular formula is C32H29N3O6S. The molecule has 9 nitrogen and oxygen atoms in total. The van der Waals surface area contributed by atoms with Crippen LogP contribution in [0.2, 0.25) is 0 Å². The van der Waals surface area contributed by atoms with Crippen LogP contribution < -0.4 is 5.32 Å². The molecule has 3 aromatic carbocycles. The van der Waals surface area contributed by atoms with Crippen molar-refractivity contribution in [3.8, 4) is 5.75 Å². The molecule has 0 aromatic heterocycles. The lowest BCUT2D eigenvalue weighted by atomic mass is 9.83. The van der Waals surface area contributed by atoms with Gasteiger partial charge in [0.1, 0.15) is 17.5 Å². The number of thioether (sulfide) groups is 1. The number of carboxylic acid groups (broad SMARTS) is 1. The standard InChI is InChI=1S/C32H29N3O6S/c36-24-7-3-4-19(14-24)17-34-13-12-23(30(34)38)15-22-9-11-26-28(31(39)35(26)29(22)32(40)41)33-27(37)18-42-25-10-8-20-5-1-2-6-21(20)16-25/h1-8,10,14-16,26,28,36H,9,11-13,17-18H2,(H,33,37)(H,40,41)/b23-15+/t26-,28+/m1/s1. The topological polar surface area (TPSA) is 127 Å². The number of phenols is 1. The number of allylic oxidation sites excluding steroid dienone is 2. The van der Waals surface area contributed by atoms with Crippen LogP contribution >= 0.6 is 11.8 Å². The van der Waals surface area contributed by atoms with Crippen LogP contribution in [-0.4, -0.2) is 68.1 Å². The Morgan fingerprint density at radius 2 is 1.81 bits per heavy atom. The van der Waals surface area contributed by atoms with Gasteiger partial charge in [0, 0.05) is 23.6 Å². The molecule has 3 aliphatic heterocycles. The Balaban J connectivity index is 1.10. The summed E-state index contributed by atoms with van der Waals surface area (Å²) in [5.74, 6) is -1.92. The molecule has 0 radical (unpaired) electrons. The highest BCUT2D eigenvalue weighted by Crippen LogP contribution is 2.38. The first-order valence-electron chi connectivity index (χ1n) is 13.8. The van der Waals surface area contributed by atoms with Gasteiger partial charge >= 0.3 is 5.97 Å². The van der Waals surface area contributed by atoms with E-state index in [4.69, 9.17) is 0 Å². The summed E-state index contributed by atoms with van der Waals surface area (Å²) in [6.45, 7) is 0.815. The molecule has 0 saturated carbocycles. The minimum absolute atomic E-state index is 0.125. The van der Waals surface area contributed by atoms with Crippen molar-refractivity contribution in [3.05, 3.63) is 95.2 Å². The summed E-state index contributed by atoms with van der Waals surface area (Å²) in [4.78, 5) is 55.0. The van der Waals surface area contributed by atoms with Gasteiger partial charge in [-0.3, -0.25) is 19.3 Å². The van der Waals surface area contributed by atoms with Crippen LogP contribution in [0.4, 0.5) is 0 Å². The van der Waals surface area contributed by atoms with Crippen molar-refractivity contribution >= 4 is 46.2 Å². The van der Waals surface area contributed by atoms with Crippen molar-refractivity contribution in [2.24, 2.45) is 0 Å². The van der Waals surface area contributed by atoms with Gasteiger partial charge in [-0.1, -0.05) is 42.5 Å². The third-order valence-corrected chi connectivity index (χ3v) is 8.92. The number of hydrogen-bond acceptors (Lipinski definition) is 6. The number of fused-ring (bicyclic) bond motifs is 2. The summed E-state index contributed by atoms with van der Waals surface area (Å²) in [6, 6.07) is 19.4. The number of nitrogens with zero attached hydrogens (tertiary/aromatic N) is 2. The molecule has 0 bridgehead atoms. The average molecular weight is 584 g/mol. The van der Waals surface area contributed by atoms with Crippen LogP contribution in [0.25, 0.3) is 10.8 Å². The molecule has 3 aromatic rings. The number of nitrogens with one attached hydrogen (secondary N) is 1. The zero-order valence-electron chi connectivity index (χ0n) is 22.7. The number of carbonyl (C=O) groups is 4. The Morgan fingerprint density at radius 3 is 2.60 bits per heavy atom. The predicted octanol–water partition coefficient (Wildman–Crippen LogP) is 3.82. The van der Waals surface area contributed by atoms with Crippen molar-refractivity contribution in [2.75, 3.05) is 12.3 Å². The molecular weight excluding hydrogens is 554 g/mol. The largest absolute Gasteiger partial charge is 0.508 e. The lowest BCUT2D eigenvalue weighted by Crippen LogP contribution is -2.71. The minimum atomic E-state index is -1.24. The van der Waals surface area contributed by atoms with E-state index in [1.54, 1.807) is 29.2 Å². The molecule has 0 aliphatic carbocycles. The molecule has 6 rings (SSSR count). The molecule has 3 aliphatic rings. The molecule has 2 fully saturated rings. The fourth-order valence-corrected chi connectivity index (χ4v) is 6.65. The summed E-state index contributed by atoms with van der Waals surface area (Å²) >= 11 is 1.38. The molecule has 42 heavy (non-hydrogen) atoms. The molecule has 3 N–H and O–H groups in total. The Morgan fingerprint density at radius 1 is 1.00 bits per heavy atom. The van der Waals surface area contributed by atoms with Crippen molar-refractivity contribution < 1.29 is 29.4 Å². The van der Waals surface area contributed by atoms with Gasteiger partial charge in [0.25, 0.3) is 5.91 Å². The number of carboxylic acids is 1. The van der Waals surface area contributed by atoms with E-state index in [-0.39, 0.29) is 29.0 Å². The quantitative estimate of drug-likeness (QED) is 0.209. The fourth-order valence-electron chi connectivity index (χ4n) is 5.89. The van der Waals surface area contributed by atoms with Gasteiger partial charge in [-0.25, -0.2) is 4.79 Å². The van der Waals surface area contributed by atoms with E-state index in [1.165, 1.54) is 16.7 Å². The first kappa shape index (κ1) is 27.6. The molecule has 2 atom stereocenters. The van der Waals surface area contributed by atoms with Crippen LogP contribution in [0.5, 0.6) is 5.75 Å². The summed E-state index contributed by atoms with van der Waals surface area (Å²) in [6.07, 6.45) is 2.92. The van der Waals surface area contributed by atoms with Crippen LogP contribution in [0.15, 0.2) is 94.5 Å². The van der Waals surface area contributed by atoms with E-state index in [1.807, 2.05) is 48.5 Å². The molecule has 3 amide bonds. The molecule has 0 spiro atoms. The number of amides is 3. The van der Waals surface area contributed by atoms with Crippen LogP contribution in [0, 0.1) is 0 Å². The lowest BCUT2D eigenvalue weighted by Gasteiger charge is -2.50. The van der Waals surface area contributed by atoms with Crippen molar-refractivity contribution in [1.82, 2.24) is 15.1 Å². The Labute approximate surface area is 246 Å².